The highest BCUT2D eigenvalue weighted by atomic mass is 16.2. The van der Waals surface area contributed by atoms with Gasteiger partial charge >= 0.3 is 0 Å². The van der Waals surface area contributed by atoms with Crippen molar-refractivity contribution in [2.75, 3.05) is 0 Å². The SMILES string of the molecule is N[C@@H](C(=O)NCc1cnc[nH]1)c1ccccc1. The second kappa shape index (κ2) is 5.27. The predicted molar refractivity (Wildman–Crippen MR) is 63.8 cm³/mol. The number of nitrogens with zero attached hydrogens (tertiary/aromatic N) is 1. The number of rotatable bonds is 4. The topological polar surface area (TPSA) is 83.8 Å². The normalized spacial score (nSPS) is 12.1. The molecule has 0 radical (unpaired) electrons. The summed E-state index contributed by atoms with van der Waals surface area (Å²) in [5, 5.41) is 2.75. The van der Waals surface area contributed by atoms with Crippen molar-refractivity contribution in [3.05, 3.63) is 54.1 Å². The van der Waals surface area contributed by atoms with Gasteiger partial charge in [-0.15, -0.1) is 0 Å². The van der Waals surface area contributed by atoms with E-state index in [0.29, 0.717) is 6.54 Å². The number of hydrogen-bond donors (Lipinski definition) is 3. The molecule has 0 fully saturated rings. The quantitative estimate of drug-likeness (QED) is 0.723. The number of aromatic amines is 1. The molecule has 5 nitrogen and oxygen atoms in total. The number of benzene rings is 1. The van der Waals surface area contributed by atoms with Crippen molar-refractivity contribution in [3.63, 3.8) is 0 Å². The van der Waals surface area contributed by atoms with E-state index in [2.05, 4.69) is 15.3 Å². The minimum atomic E-state index is -0.640. The maximum Gasteiger partial charge on any atom is 0.241 e. The zero-order valence-electron chi connectivity index (χ0n) is 9.26. The fourth-order valence-corrected chi connectivity index (χ4v) is 1.49. The zero-order chi connectivity index (χ0) is 12.1. The molecule has 1 heterocycles. The summed E-state index contributed by atoms with van der Waals surface area (Å²) in [6.07, 6.45) is 3.23. The molecule has 2 rings (SSSR count). The molecule has 0 unspecified atom stereocenters. The summed E-state index contributed by atoms with van der Waals surface area (Å²) in [4.78, 5) is 18.5. The highest BCUT2D eigenvalue weighted by Crippen LogP contribution is 2.09. The molecule has 0 saturated carbocycles. The molecule has 0 spiro atoms. The predicted octanol–water partition coefficient (Wildman–Crippen LogP) is 0.726. The average Bonchev–Trinajstić information content (AvgIpc) is 2.89. The van der Waals surface area contributed by atoms with Crippen LogP contribution in [0.25, 0.3) is 0 Å². The van der Waals surface area contributed by atoms with Gasteiger partial charge in [-0.2, -0.15) is 0 Å². The molecule has 1 aromatic heterocycles. The van der Waals surface area contributed by atoms with Gasteiger partial charge in [-0.3, -0.25) is 4.79 Å². The van der Waals surface area contributed by atoms with E-state index < -0.39 is 6.04 Å². The Bertz CT molecular complexity index is 467. The Kier molecular flexibility index (Phi) is 3.52. The minimum Gasteiger partial charge on any atom is -0.349 e. The number of aromatic nitrogens is 2. The summed E-state index contributed by atoms with van der Waals surface area (Å²) >= 11 is 0. The number of imidazole rings is 1. The summed E-state index contributed by atoms with van der Waals surface area (Å²) < 4.78 is 0. The first kappa shape index (κ1) is 11.3. The fourth-order valence-electron chi connectivity index (χ4n) is 1.49. The summed E-state index contributed by atoms with van der Waals surface area (Å²) in [5.74, 6) is -0.203. The molecule has 1 amide bonds. The molecule has 2 aromatic rings. The van der Waals surface area contributed by atoms with Crippen LogP contribution in [0.4, 0.5) is 0 Å². The lowest BCUT2D eigenvalue weighted by Gasteiger charge is -2.11. The van der Waals surface area contributed by atoms with Gasteiger partial charge in [0.25, 0.3) is 0 Å². The lowest BCUT2D eigenvalue weighted by atomic mass is 10.1. The van der Waals surface area contributed by atoms with Crippen LogP contribution < -0.4 is 11.1 Å². The molecular formula is C12H14N4O. The molecule has 4 N–H and O–H groups in total. The number of nitrogens with two attached hydrogens (primary N) is 1. The van der Waals surface area contributed by atoms with Gasteiger partial charge in [-0.25, -0.2) is 4.98 Å². The Morgan fingerprint density at radius 3 is 2.82 bits per heavy atom. The van der Waals surface area contributed by atoms with Crippen molar-refractivity contribution in [2.45, 2.75) is 12.6 Å². The van der Waals surface area contributed by atoms with Crippen LogP contribution in [-0.2, 0) is 11.3 Å². The van der Waals surface area contributed by atoms with Crippen molar-refractivity contribution in [1.82, 2.24) is 15.3 Å². The summed E-state index contributed by atoms with van der Waals surface area (Å²) in [5.41, 5.74) is 7.49. The van der Waals surface area contributed by atoms with Crippen molar-refractivity contribution in [1.29, 1.82) is 0 Å². The van der Waals surface area contributed by atoms with E-state index >= 15 is 0 Å². The number of nitrogens with one attached hydrogen (secondary N) is 2. The highest BCUT2D eigenvalue weighted by Gasteiger charge is 2.14. The largest absolute Gasteiger partial charge is 0.349 e. The van der Waals surface area contributed by atoms with E-state index in [1.54, 1.807) is 12.5 Å². The van der Waals surface area contributed by atoms with Gasteiger partial charge in [0.2, 0.25) is 5.91 Å². The molecule has 17 heavy (non-hydrogen) atoms. The Hall–Kier alpha value is -2.14. The zero-order valence-corrected chi connectivity index (χ0v) is 9.26. The minimum absolute atomic E-state index is 0.203. The molecule has 0 aliphatic rings. The standard InChI is InChI=1S/C12H14N4O/c13-11(9-4-2-1-3-5-9)12(17)15-7-10-6-14-8-16-10/h1-6,8,11H,7,13H2,(H,14,16)(H,15,17)/t11-/m1/s1. The van der Waals surface area contributed by atoms with Gasteiger partial charge in [0.15, 0.2) is 0 Å². The van der Waals surface area contributed by atoms with Crippen LogP contribution in [0.3, 0.4) is 0 Å². The third-order valence-corrected chi connectivity index (χ3v) is 2.45. The molecule has 0 aliphatic carbocycles. The summed E-state index contributed by atoms with van der Waals surface area (Å²) in [6.45, 7) is 0.402. The van der Waals surface area contributed by atoms with Gasteiger partial charge in [0.05, 0.1) is 18.6 Å². The number of amides is 1. The molecular weight excluding hydrogens is 216 g/mol. The lowest BCUT2D eigenvalue weighted by Crippen LogP contribution is -2.33. The smallest absolute Gasteiger partial charge is 0.241 e. The Morgan fingerprint density at radius 1 is 1.41 bits per heavy atom. The van der Waals surface area contributed by atoms with E-state index in [0.717, 1.165) is 11.3 Å². The Balaban J connectivity index is 1.92. The Labute approximate surface area is 99.1 Å². The van der Waals surface area contributed by atoms with Crippen molar-refractivity contribution < 1.29 is 4.79 Å². The molecule has 1 aromatic carbocycles. The van der Waals surface area contributed by atoms with E-state index in [1.165, 1.54) is 0 Å². The van der Waals surface area contributed by atoms with Crippen LogP contribution in [0.5, 0.6) is 0 Å². The van der Waals surface area contributed by atoms with Gasteiger partial charge < -0.3 is 16.0 Å². The molecule has 5 heteroatoms. The van der Waals surface area contributed by atoms with Crippen molar-refractivity contribution >= 4 is 5.91 Å². The highest BCUT2D eigenvalue weighted by molar-refractivity contribution is 5.82. The maximum atomic E-state index is 11.8. The third-order valence-electron chi connectivity index (χ3n) is 2.45. The number of carbonyl (C=O) groups excluding carboxylic acids is 1. The summed E-state index contributed by atoms with van der Waals surface area (Å²) in [6, 6.07) is 8.63. The van der Waals surface area contributed by atoms with E-state index in [9.17, 15) is 4.79 Å². The molecule has 0 bridgehead atoms. The van der Waals surface area contributed by atoms with Gasteiger partial charge in [0, 0.05) is 6.20 Å². The second-order valence-corrected chi connectivity index (χ2v) is 3.68. The van der Waals surface area contributed by atoms with Gasteiger partial charge in [-0.05, 0) is 5.56 Å². The van der Waals surface area contributed by atoms with Crippen LogP contribution in [0.15, 0.2) is 42.9 Å². The fraction of sp³-hybridized carbons (Fsp3) is 0.167. The van der Waals surface area contributed by atoms with Crippen LogP contribution in [-0.4, -0.2) is 15.9 Å². The van der Waals surface area contributed by atoms with E-state index in [-0.39, 0.29) is 5.91 Å². The van der Waals surface area contributed by atoms with E-state index in [1.807, 2.05) is 30.3 Å². The van der Waals surface area contributed by atoms with Crippen LogP contribution in [0.1, 0.15) is 17.3 Å². The van der Waals surface area contributed by atoms with Crippen LogP contribution in [0, 0.1) is 0 Å². The average molecular weight is 230 g/mol. The molecule has 0 saturated heterocycles. The third kappa shape index (κ3) is 2.92. The number of carbonyl (C=O) groups is 1. The Morgan fingerprint density at radius 2 is 2.18 bits per heavy atom. The van der Waals surface area contributed by atoms with Gasteiger partial charge in [-0.1, -0.05) is 30.3 Å². The first-order chi connectivity index (χ1) is 8.27. The first-order valence-corrected chi connectivity index (χ1v) is 5.33. The van der Waals surface area contributed by atoms with Crippen LogP contribution in [0.2, 0.25) is 0 Å². The van der Waals surface area contributed by atoms with Crippen LogP contribution >= 0.6 is 0 Å². The molecule has 1 atom stereocenters. The van der Waals surface area contributed by atoms with Crippen molar-refractivity contribution in [2.24, 2.45) is 5.73 Å². The molecule has 0 aliphatic heterocycles. The lowest BCUT2D eigenvalue weighted by molar-refractivity contribution is -0.122. The van der Waals surface area contributed by atoms with E-state index in [4.69, 9.17) is 5.73 Å². The maximum absolute atomic E-state index is 11.8. The number of H-pyrrole nitrogens is 1. The molecule has 88 valence electrons. The monoisotopic (exact) mass is 230 g/mol. The summed E-state index contributed by atoms with van der Waals surface area (Å²) in [7, 11) is 0. The number of hydrogen-bond acceptors (Lipinski definition) is 3. The van der Waals surface area contributed by atoms with Crippen molar-refractivity contribution in [3.8, 4) is 0 Å². The first-order valence-electron chi connectivity index (χ1n) is 5.33. The second-order valence-electron chi connectivity index (χ2n) is 3.68. The van der Waals surface area contributed by atoms with Gasteiger partial charge in [0.1, 0.15) is 6.04 Å².